The fourth-order valence-electron chi connectivity index (χ4n) is 3.65. The number of nitrogens with one attached hydrogen (secondary N) is 2. The summed E-state index contributed by atoms with van der Waals surface area (Å²) in [7, 11) is 0. The minimum Gasteiger partial charge on any atom is -0.347 e. The summed E-state index contributed by atoms with van der Waals surface area (Å²) in [6.45, 7) is 3.65. The van der Waals surface area contributed by atoms with Crippen LogP contribution in [0, 0.1) is 17.7 Å². The Balaban J connectivity index is 1.44. The first-order valence-corrected chi connectivity index (χ1v) is 8.61. The summed E-state index contributed by atoms with van der Waals surface area (Å²) in [6.07, 6.45) is 2.14. The summed E-state index contributed by atoms with van der Waals surface area (Å²) < 4.78 is 13.1. The number of halogens is 1. The van der Waals surface area contributed by atoms with Crippen LogP contribution in [-0.2, 0) is 16.0 Å². The number of nitrogens with zero attached hydrogens (tertiary/aromatic N) is 1. The molecule has 0 radical (unpaired) electrons. The fourth-order valence-corrected chi connectivity index (χ4v) is 3.65. The average Bonchev–Trinajstić information content (AvgIpc) is 2.91. The number of amides is 2. The highest BCUT2D eigenvalue weighted by molar-refractivity contribution is 5.85. The second kappa shape index (κ2) is 7.75. The van der Waals surface area contributed by atoms with Crippen LogP contribution in [0.1, 0.15) is 18.4 Å². The van der Waals surface area contributed by atoms with Gasteiger partial charge in [-0.15, -0.1) is 0 Å². The van der Waals surface area contributed by atoms with E-state index in [1.807, 2.05) is 4.90 Å². The second-order valence-corrected chi connectivity index (χ2v) is 6.72. The molecule has 0 bridgehead atoms. The van der Waals surface area contributed by atoms with Gasteiger partial charge in [-0.25, -0.2) is 4.39 Å². The van der Waals surface area contributed by atoms with Gasteiger partial charge in [0.15, 0.2) is 0 Å². The number of likely N-dealkylation sites (tertiary alicyclic amines) is 1. The maximum Gasteiger partial charge on any atom is 0.241 e. The molecule has 0 aliphatic carbocycles. The predicted molar refractivity (Wildman–Crippen MR) is 88.8 cm³/mol. The number of hydrogen-bond acceptors (Lipinski definition) is 3. The molecule has 0 unspecified atom stereocenters. The minimum atomic E-state index is -0.360. The molecule has 2 atom stereocenters. The van der Waals surface area contributed by atoms with E-state index in [2.05, 4.69) is 10.6 Å². The predicted octanol–water partition coefficient (Wildman–Crippen LogP) is 0.942. The van der Waals surface area contributed by atoms with Crippen LogP contribution in [0.4, 0.5) is 4.39 Å². The van der Waals surface area contributed by atoms with E-state index in [0.717, 1.165) is 39.0 Å². The van der Waals surface area contributed by atoms with Gasteiger partial charge in [0.2, 0.25) is 11.8 Å². The van der Waals surface area contributed by atoms with Crippen LogP contribution in [-0.4, -0.2) is 49.4 Å². The van der Waals surface area contributed by atoms with Crippen LogP contribution in [0.15, 0.2) is 24.3 Å². The van der Waals surface area contributed by atoms with Gasteiger partial charge in [0.25, 0.3) is 0 Å². The van der Waals surface area contributed by atoms with Crippen molar-refractivity contribution < 1.29 is 14.0 Å². The van der Waals surface area contributed by atoms with E-state index >= 15 is 0 Å². The third-order valence-electron chi connectivity index (χ3n) is 5.06. The molecule has 2 amide bonds. The van der Waals surface area contributed by atoms with E-state index in [1.54, 1.807) is 12.1 Å². The van der Waals surface area contributed by atoms with Gasteiger partial charge in [0.1, 0.15) is 5.82 Å². The first-order valence-electron chi connectivity index (χ1n) is 8.61. The normalized spacial score (nSPS) is 23.5. The molecule has 2 aliphatic heterocycles. The third-order valence-corrected chi connectivity index (χ3v) is 5.06. The molecule has 2 saturated heterocycles. The summed E-state index contributed by atoms with van der Waals surface area (Å²) in [5, 5.41) is 6.07. The lowest BCUT2D eigenvalue weighted by atomic mass is 9.92. The SMILES string of the molecule is O=C(Cc1cccc(F)c1)NCC(=O)N1CC[C@@H]2CNC[C@@H]2CC1. The molecule has 1 aromatic rings. The van der Waals surface area contributed by atoms with Crippen molar-refractivity contribution in [3.63, 3.8) is 0 Å². The largest absolute Gasteiger partial charge is 0.347 e. The van der Waals surface area contributed by atoms with Crippen LogP contribution in [0.5, 0.6) is 0 Å². The van der Waals surface area contributed by atoms with Gasteiger partial charge in [0, 0.05) is 13.1 Å². The second-order valence-electron chi connectivity index (χ2n) is 6.72. The van der Waals surface area contributed by atoms with Crippen molar-refractivity contribution in [3.05, 3.63) is 35.6 Å². The summed E-state index contributed by atoms with van der Waals surface area (Å²) in [6, 6.07) is 5.95. The molecule has 2 aliphatic rings. The molecule has 3 rings (SSSR count). The molecule has 1 aromatic carbocycles. The fraction of sp³-hybridized carbons (Fsp3) is 0.556. The van der Waals surface area contributed by atoms with Gasteiger partial charge in [0.05, 0.1) is 13.0 Å². The average molecular weight is 333 g/mol. The van der Waals surface area contributed by atoms with E-state index in [-0.39, 0.29) is 30.6 Å². The number of carbonyl (C=O) groups is 2. The lowest BCUT2D eigenvalue weighted by Gasteiger charge is -2.21. The zero-order valence-electron chi connectivity index (χ0n) is 13.8. The highest BCUT2D eigenvalue weighted by atomic mass is 19.1. The Morgan fingerprint density at radius 1 is 1.21 bits per heavy atom. The van der Waals surface area contributed by atoms with Crippen LogP contribution >= 0.6 is 0 Å². The number of fused-ring (bicyclic) bond motifs is 1. The number of benzene rings is 1. The van der Waals surface area contributed by atoms with Crippen molar-refractivity contribution in [1.29, 1.82) is 0 Å². The maximum absolute atomic E-state index is 13.1. The van der Waals surface area contributed by atoms with E-state index in [0.29, 0.717) is 17.4 Å². The first-order chi connectivity index (χ1) is 11.6. The quantitative estimate of drug-likeness (QED) is 0.862. The Labute approximate surface area is 141 Å². The van der Waals surface area contributed by atoms with E-state index < -0.39 is 0 Å². The Kier molecular flexibility index (Phi) is 5.45. The molecular formula is C18H24FN3O2. The van der Waals surface area contributed by atoms with E-state index in [1.165, 1.54) is 12.1 Å². The summed E-state index contributed by atoms with van der Waals surface area (Å²) >= 11 is 0. The molecule has 5 nitrogen and oxygen atoms in total. The summed E-state index contributed by atoms with van der Waals surface area (Å²) in [4.78, 5) is 26.1. The number of carbonyl (C=O) groups excluding carboxylic acids is 2. The van der Waals surface area contributed by atoms with Gasteiger partial charge in [-0.3, -0.25) is 9.59 Å². The van der Waals surface area contributed by atoms with Gasteiger partial charge < -0.3 is 15.5 Å². The van der Waals surface area contributed by atoms with E-state index in [4.69, 9.17) is 0 Å². The standard InChI is InChI=1S/C18H24FN3O2/c19-16-3-1-2-13(8-16)9-17(23)21-12-18(24)22-6-4-14-10-20-11-15(14)5-7-22/h1-3,8,14-15,20H,4-7,9-12H2,(H,21,23)/t14-,15+. The van der Waals surface area contributed by atoms with Crippen LogP contribution < -0.4 is 10.6 Å². The lowest BCUT2D eigenvalue weighted by molar-refractivity contribution is -0.132. The van der Waals surface area contributed by atoms with Crippen molar-refractivity contribution in [2.45, 2.75) is 19.3 Å². The molecule has 2 fully saturated rings. The molecule has 2 heterocycles. The van der Waals surface area contributed by atoms with Gasteiger partial charge in [-0.1, -0.05) is 12.1 Å². The first kappa shape index (κ1) is 16.9. The zero-order valence-corrected chi connectivity index (χ0v) is 13.8. The topological polar surface area (TPSA) is 61.4 Å². The molecular weight excluding hydrogens is 309 g/mol. The molecule has 0 saturated carbocycles. The van der Waals surface area contributed by atoms with Gasteiger partial charge >= 0.3 is 0 Å². The molecule has 6 heteroatoms. The molecule has 2 N–H and O–H groups in total. The lowest BCUT2D eigenvalue weighted by Crippen LogP contribution is -2.41. The Hall–Kier alpha value is -1.95. The highest BCUT2D eigenvalue weighted by Gasteiger charge is 2.31. The third kappa shape index (κ3) is 4.32. The van der Waals surface area contributed by atoms with Crippen LogP contribution in [0.2, 0.25) is 0 Å². The molecule has 130 valence electrons. The summed E-state index contributed by atoms with van der Waals surface area (Å²) in [5.74, 6) is 0.692. The molecule has 0 aromatic heterocycles. The monoisotopic (exact) mass is 333 g/mol. The Morgan fingerprint density at radius 3 is 2.58 bits per heavy atom. The Morgan fingerprint density at radius 2 is 1.92 bits per heavy atom. The number of rotatable bonds is 4. The number of hydrogen-bond donors (Lipinski definition) is 2. The van der Waals surface area contributed by atoms with Crippen LogP contribution in [0.25, 0.3) is 0 Å². The van der Waals surface area contributed by atoms with Crippen molar-refractivity contribution in [3.8, 4) is 0 Å². The highest BCUT2D eigenvalue weighted by Crippen LogP contribution is 2.26. The zero-order chi connectivity index (χ0) is 16.9. The Bertz CT molecular complexity index is 594. The van der Waals surface area contributed by atoms with Gasteiger partial charge in [-0.05, 0) is 55.5 Å². The van der Waals surface area contributed by atoms with Crippen molar-refractivity contribution in [1.82, 2.24) is 15.5 Å². The minimum absolute atomic E-state index is 0.0156. The maximum atomic E-state index is 13.1. The van der Waals surface area contributed by atoms with Gasteiger partial charge in [-0.2, -0.15) is 0 Å². The van der Waals surface area contributed by atoms with E-state index in [9.17, 15) is 14.0 Å². The van der Waals surface area contributed by atoms with Crippen molar-refractivity contribution in [2.75, 3.05) is 32.7 Å². The molecule has 24 heavy (non-hydrogen) atoms. The summed E-state index contributed by atoms with van der Waals surface area (Å²) in [5.41, 5.74) is 0.607. The van der Waals surface area contributed by atoms with Crippen molar-refractivity contribution in [2.24, 2.45) is 11.8 Å². The van der Waals surface area contributed by atoms with Crippen molar-refractivity contribution >= 4 is 11.8 Å². The molecule has 0 spiro atoms. The smallest absolute Gasteiger partial charge is 0.241 e. The van der Waals surface area contributed by atoms with Crippen LogP contribution in [0.3, 0.4) is 0 Å².